The maximum atomic E-state index is 10.9. The molecule has 21 heavy (non-hydrogen) atoms. The molecule has 0 aliphatic heterocycles. The van der Waals surface area contributed by atoms with E-state index in [0.29, 0.717) is 6.61 Å². The van der Waals surface area contributed by atoms with Gasteiger partial charge in [0, 0.05) is 6.54 Å². The van der Waals surface area contributed by atoms with E-state index in [1.165, 1.54) is 0 Å². The fourth-order valence-electron chi connectivity index (χ4n) is 2.14. The summed E-state index contributed by atoms with van der Waals surface area (Å²) in [5.41, 5.74) is 2.84. The van der Waals surface area contributed by atoms with Gasteiger partial charge in [0.25, 0.3) is 0 Å². The Hall–Kier alpha value is -2.33. The van der Waals surface area contributed by atoms with Crippen molar-refractivity contribution >= 4 is 5.97 Å². The normalized spacial score (nSPS) is 10.3. The third-order valence-corrected chi connectivity index (χ3v) is 3.13. The van der Waals surface area contributed by atoms with Gasteiger partial charge in [0.05, 0.1) is 6.42 Å². The van der Waals surface area contributed by atoms with E-state index in [0.717, 1.165) is 29.0 Å². The van der Waals surface area contributed by atoms with E-state index in [4.69, 9.17) is 9.84 Å². The van der Waals surface area contributed by atoms with Crippen molar-refractivity contribution in [1.29, 1.82) is 0 Å². The van der Waals surface area contributed by atoms with Gasteiger partial charge in [0.1, 0.15) is 12.4 Å². The molecule has 0 radical (unpaired) electrons. The Kier molecular flexibility index (Phi) is 5.35. The van der Waals surface area contributed by atoms with Gasteiger partial charge < -0.3 is 15.2 Å². The average molecular weight is 285 g/mol. The Morgan fingerprint density at radius 2 is 1.90 bits per heavy atom. The molecule has 4 nitrogen and oxygen atoms in total. The van der Waals surface area contributed by atoms with Crippen LogP contribution in [0.5, 0.6) is 5.75 Å². The van der Waals surface area contributed by atoms with Gasteiger partial charge in [-0.25, -0.2) is 0 Å². The quantitative estimate of drug-likeness (QED) is 0.821. The molecule has 0 aromatic heterocycles. The summed E-state index contributed by atoms with van der Waals surface area (Å²) in [5.74, 6) is -0.0497. The number of rotatable bonds is 7. The SMILES string of the molecule is CNCc1cccc(OCc2ccccc2CC(=O)O)c1. The molecular weight excluding hydrogens is 266 g/mol. The van der Waals surface area contributed by atoms with Crippen molar-refractivity contribution in [2.75, 3.05) is 7.05 Å². The van der Waals surface area contributed by atoms with Crippen LogP contribution in [0.1, 0.15) is 16.7 Å². The predicted molar refractivity (Wildman–Crippen MR) is 81.3 cm³/mol. The maximum Gasteiger partial charge on any atom is 0.307 e. The summed E-state index contributed by atoms with van der Waals surface area (Å²) in [4.78, 5) is 10.9. The van der Waals surface area contributed by atoms with Gasteiger partial charge in [0.15, 0.2) is 0 Å². The van der Waals surface area contributed by atoms with Crippen molar-refractivity contribution in [2.45, 2.75) is 19.6 Å². The second-order valence-electron chi connectivity index (χ2n) is 4.81. The molecule has 0 spiro atoms. The van der Waals surface area contributed by atoms with Gasteiger partial charge in [0.2, 0.25) is 0 Å². The Balaban J connectivity index is 2.06. The third-order valence-electron chi connectivity index (χ3n) is 3.13. The predicted octanol–water partition coefficient (Wildman–Crippen LogP) is 2.61. The number of hydrogen-bond donors (Lipinski definition) is 2. The van der Waals surface area contributed by atoms with Crippen molar-refractivity contribution in [3.8, 4) is 5.75 Å². The number of carboxylic acid groups (broad SMARTS) is 1. The summed E-state index contributed by atoms with van der Waals surface area (Å²) in [6.45, 7) is 1.15. The van der Waals surface area contributed by atoms with Crippen molar-refractivity contribution < 1.29 is 14.6 Å². The van der Waals surface area contributed by atoms with E-state index in [2.05, 4.69) is 5.32 Å². The van der Waals surface area contributed by atoms with Crippen LogP contribution >= 0.6 is 0 Å². The van der Waals surface area contributed by atoms with E-state index in [1.54, 1.807) is 0 Å². The van der Waals surface area contributed by atoms with E-state index in [9.17, 15) is 4.79 Å². The molecule has 0 bridgehead atoms. The zero-order chi connectivity index (χ0) is 15.1. The molecule has 2 aromatic carbocycles. The molecule has 110 valence electrons. The molecule has 0 heterocycles. The molecule has 2 aromatic rings. The van der Waals surface area contributed by atoms with Crippen molar-refractivity contribution in [1.82, 2.24) is 5.32 Å². The number of carbonyl (C=O) groups is 1. The summed E-state index contributed by atoms with van der Waals surface area (Å²) in [5, 5.41) is 12.0. The van der Waals surface area contributed by atoms with Crippen molar-refractivity contribution in [3.63, 3.8) is 0 Å². The molecule has 0 unspecified atom stereocenters. The van der Waals surface area contributed by atoms with Gasteiger partial charge in [-0.15, -0.1) is 0 Å². The van der Waals surface area contributed by atoms with Gasteiger partial charge in [-0.3, -0.25) is 4.79 Å². The van der Waals surface area contributed by atoms with E-state index < -0.39 is 5.97 Å². The minimum Gasteiger partial charge on any atom is -0.489 e. The lowest BCUT2D eigenvalue weighted by Gasteiger charge is -2.11. The molecule has 0 aliphatic carbocycles. The fraction of sp³-hybridized carbons (Fsp3) is 0.235. The number of ether oxygens (including phenoxy) is 1. The molecular formula is C17H19NO3. The molecule has 0 atom stereocenters. The highest BCUT2D eigenvalue weighted by molar-refractivity contribution is 5.70. The Morgan fingerprint density at radius 1 is 1.14 bits per heavy atom. The standard InChI is InChI=1S/C17H19NO3/c1-18-11-13-5-4-8-16(9-13)21-12-15-7-3-2-6-14(15)10-17(19)20/h2-9,18H,10-12H2,1H3,(H,19,20). The van der Waals surface area contributed by atoms with Crippen LogP contribution in [0.25, 0.3) is 0 Å². The molecule has 4 heteroatoms. The summed E-state index contributed by atoms with van der Waals surface area (Å²) >= 11 is 0. The Morgan fingerprint density at radius 3 is 2.62 bits per heavy atom. The Bertz CT molecular complexity index is 610. The fourth-order valence-corrected chi connectivity index (χ4v) is 2.14. The van der Waals surface area contributed by atoms with Gasteiger partial charge in [-0.05, 0) is 35.9 Å². The minimum atomic E-state index is -0.835. The molecule has 0 aliphatic rings. The van der Waals surface area contributed by atoms with Crippen LogP contribution in [-0.2, 0) is 24.4 Å². The lowest BCUT2D eigenvalue weighted by Crippen LogP contribution is -2.07. The first-order valence-corrected chi connectivity index (χ1v) is 6.84. The average Bonchev–Trinajstić information content (AvgIpc) is 2.47. The molecule has 0 amide bonds. The first-order valence-electron chi connectivity index (χ1n) is 6.84. The highest BCUT2D eigenvalue weighted by atomic mass is 16.5. The van der Waals surface area contributed by atoms with Crippen molar-refractivity contribution in [2.24, 2.45) is 0 Å². The van der Waals surface area contributed by atoms with Crippen LogP contribution < -0.4 is 10.1 Å². The molecule has 0 saturated carbocycles. The number of nitrogens with one attached hydrogen (secondary N) is 1. The highest BCUT2D eigenvalue weighted by Crippen LogP contribution is 2.17. The van der Waals surface area contributed by atoms with E-state index >= 15 is 0 Å². The van der Waals surface area contributed by atoms with Crippen LogP contribution in [0.15, 0.2) is 48.5 Å². The summed E-state index contributed by atoms with van der Waals surface area (Å²) < 4.78 is 5.78. The van der Waals surface area contributed by atoms with E-state index in [1.807, 2.05) is 55.6 Å². The lowest BCUT2D eigenvalue weighted by atomic mass is 10.1. The van der Waals surface area contributed by atoms with Crippen LogP contribution in [0, 0.1) is 0 Å². The molecule has 2 N–H and O–H groups in total. The topological polar surface area (TPSA) is 58.6 Å². The van der Waals surface area contributed by atoms with Crippen LogP contribution in [0.2, 0.25) is 0 Å². The maximum absolute atomic E-state index is 10.9. The summed E-state index contributed by atoms with van der Waals surface area (Å²) in [6.07, 6.45) is 0.0132. The number of aliphatic carboxylic acids is 1. The van der Waals surface area contributed by atoms with Crippen LogP contribution in [0.4, 0.5) is 0 Å². The number of benzene rings is 2. The zero-order valence-corrected chi connectivity index (χ0v) is 12.0. The second-order valence-corrected chi connectivity index (χ2v) is 4.81. The second kappa shape index (κ2) is 7.45. The molecule has 0 saturated heterocycles. The van der Waals surface area contributed by atoms with Crippen LogP contribution in [0.3, 0.4) is 0 Å². The molecule has 0 fully saturated rings. The number of hydrogen-bond acceptors (Lipinski definition) is 3. The first-order chi connectivity index (χ1) is 10.2. The summed E-state index contributed by atoms with van der Waals surface area (Å²) in [6, 6.07) is 15.3. The van der Waals surface area contributed by atoms with Gasteiger partial charge in [-0.1, -0.05) is 36.4 Å². The molecule has 2 rings (SSSR count). The minimum absolute atomic E-state index is 0.0132. The zero-order valence-electron chi connectivity index (χ0n) is 12.0. The van der Waals surface area contributed by atoms with Gasteiger partial charge in [-0.2, -0.15) is 0 Å². The highest BCUT2D eigenvalue weighted by Gasteiger charge is 2.07. The number of carboxylic acids is 1. The third kappa shape index (κ3) is 4.61. The monoisotopic (exact) mass is 285 g/mol. The largest absolute Gasteiger partial charge is 0.489 e. The van der Waals surface area contributed by atoms with Crippen molar-refractivity contribution in [3.05, 3.63) is 65.2 Å². The van der Waals surface area contributed by atoms with Gasteiger partial charge >= 0.3 is 5.97 Å². The van der Waals surface area contributed by atoms with E-state index in [-0.39, 0.29) is 6.42 Å². The smallest absolute Gasteiger partial charge is 0.307 e. The Labute approximate surface area is 124 Å². The van der Waals surface area contributed by atoms with Crippen LogP contribution in [-0.4, -0.2) is 18.1 Å². The summed E-state index contributed by atoms with van der Waals surface area (Å²) in [7, 11) is 1.90. The first kappa shape index (κ1) is 15.1. The lowest BCUT2D eigenvalue weighted by molar-refractivity contribution is -0.136.